The average molecular weight is 449 g/mol. The van der Waals surface area contributed by atoms with E-state index in [9.17, 15) is 24.4 Å². The van der Waals surface area contributed by atoms with Gasteiger partial charge in [-0.1, -0.05) is 12.1 Å². The van der Waals surface area contributed by atoms with Crippen molar-refractivity contribution in [2.75, 3.05) is 6.54 Å². The number of nitrogens with zero attached hydrogens (tertiary/aromatic N) is 1. The summed E-state index contributed by atoms with van der Waals surface area (Å²) in [6, 6.07) is 8.44. The van der Waals surface area contributed by atoms with Crippen molar-refractivity contribution in [1.29, 1.82) is 0 Å². The monoisotopic (exact) mass is 449 g/mol. The number of likely N-dealkylation sites (tertiary alicyclic amines) is 1. The smallest absolute Gasteiger partial charge is 0.423 e. The summed E-state index contributed by atoms with van der Waals surface area (Å²) in [7, 11) is -2.16. The van der Waals surface area contributed by atoms with Crippen LogP contribution in [0.5, 0.6) is 0 Å². The molecule has 33 heavy (non-hydrogen) atoms. The number of primary amides is 1. The topological polar surface area (TPSA) is 151 Å². The molecule has 1 unspecified atom stereocenters. The maximum atomic E-state index is 13.2. The normalized spacial score (nSPS) is 21.2. The number of carbonyl (C=O) groups is 3. The van der Waals surface area contributed by atoms with E-state index >= 15 is 0 Å². The zero-order chi connectivity index (χ0) is 23.3. The Bertz CT molecular complexity index is 1160. The molecule has 3 amide bonds. The van der Waals surface area contributed by atoms with Gasteiger partial charge < -0.3 is 35.3 Å². The minimum Gasteiger partial charge on any atom is -0.423 e. The molecular weight excluding hydrogens is 428 g/mol. The summed E-state index contributed by atoms with van der Waals surface area (Å²) in [5.74, 6) is -1.48. The van der Waals surface area contributed by atoms with Gasteiger partial charge in [0.1, 0.15) is 6.04 Å². The van der Waals surface area contributed by atoms with Crippen LogP contribution >= 0.6 is 0 Å². The number of rotatable bonds is 4. The number of hydrogen-bond acceptors (Lipinski definition) is 7. The van der Waals surface area contributed by atoms with E-state index < -0.39 is 44.0 Å². The van der Waals surface area contributed by atoms with Gasteiger partial charge in [-0.3, -0.25) is 14.4 Å². The number of amides is 3. The highest BCUT2D eigenvalue weighted by Crippen LogP contribution is 2.22. The molecule has 2 atom stereocenters. The second-order valence-electron chi connectivity index (χ2n) is 8.44. The Morgan fingerprint density at radius 1 is 0.970 bits per heavy atom. The van der Waals surface area contributed by atoms with Gasteiger partial charge in [-0.2, -0.15) is 0 Å². The molecular formula is C21H21B2N3O7. The van der Waals surface area contributed by atoms with E-state index in [1.54, 1.807) is 36.4 Å². The summed E-state index contributed by atoms with van der Waals surface area (Å²) in [6.07, 6.45) is 0.181. The fourth-order valence-electron chi connectivity index (χ4n) is 4.57. The molecule has 0 saturated carbocycles. The van der Waals surface area contributed by atoms with E-state index in [2.05, 4.69) is 5.32 Å². The Kier molecular flexibility index (Phi) is 5.45. The van der Waals surface area contributed by atoms with E-state index in [4.69, 9.17) is 15.0 Å². The minimum atomic E-state index is -1.10. The van der Waals surface area contributed by atoms with Crippen molar-refractivity contribution in [1.82, 2.24) is 10.2 Å². The van der Waals surface area contributed by atoms with E-state index in [1.165, 1.54) is 4.90 Å². The van der Waals surface area contributed by atoms with Gasteiger partial charge >= 0.3 is 14.2 Å². The standard InChI is InChI=1S/C21H21B2N3O7/c24-19(27)18-7-15(25-20(28)11-1-3-13-9-32-22(30)16(13)5-11)8-26(18)21(29)12-2-4-14-10-33-23(31)17(14)6-12/h1-6,15,18,30-31H,7-10H2,(H2,24,27)(H,25,28)/t15?,18-/m0/s1. The predicted octanol–water partition coefficient (Wildman–Crippen LogP) is -2.38. The van der Waals surface area contributed by atoms with Crippen LogP contribution < -0.4 is 22.0 Å². The summed E-state index contributed by atoms with van der Waals surface area (Å²) in [4.78, 5) is 39.4. The van der Waals surface area contributed by atoms with Gasteiger partial charge in [0.05, 0.1) is 13.2 Å². The van der Waals surface area contributed by atoms with Gasteiger partial charge in [-0.25, -0.2) is 0 Å². The molecule has 5 rings (SSSR count). The largest absolute Gasteiger partial charge is 0.491 e. The lowest BCUT2D eigenvalue weighted by Crippen LogP contribution is -2.44. The van der Waals surface area contributed by atoms with Crippen LogP contribution in [0.3, 0.4) is 0 Å². The highest BCUT2D eigenvalue weighted by atomic mass is 16.5. The maximum absolute atomic E-state index is 13.2. The molecule has 3 aliphatic heterocycles. The van der Waals surface area contributed by atoms with E-state index in [0.717, 1.165) is 11.1 Å². The lowest BCUT2D eigenvalue weighted by Gasteiger charge is -2.22. The molecule has 2 aromatic carbocycles. The molecule has 2 aromatic rings. The van der Waals surface area contributed by atoms with E-state index in [-0.39, 0.29) is 26.2 Å². The van der Waals surface area contributed by atoms with Crippen molar-refractivity contribution < 1.29 is 33.7 Å². The first kappa shape index (κ1) is 21.7. The van der Waals surface area contributed by atoms with Crippen molar-refractivity contribution in [2.45, 2.75) is 31.7 Å². The van der Waals surface area contributed by atoms with E-state index in [0.29, 0.717) is 22.1 Å². The summed E-state index contributed by atoms with van der Waals surface area (Å²) in [6.45, 7) is 0.647. The molecule has 0 aromatic heterocycles. The molecule has 0 radical (unpaired) electrons. The second kappa shape index (κ2) is 8.31. The van der Waals surface area contributed by atoms with Crippen LogP contribution in [0.2, 0.25) is 0 Å². The third-order valence-electron chi connectivity index (χ3n) is 6.35. The van der Waals surface area contributed by atoms with Crippen molar-refractivity contribution in [3.8, 4) is 0 Å². The van der Waals surface area contributed by atoms with Gasteiger partial charge in [0.25, 0.3) is 11.8 Å². The first-order valence-corrected chi connectivity index (χ1v) is 10.6. The quantitative estimate of drug-likeness (QED) is 0.381. The number of carbonyl (C=O) groups excluding carboxylic acids is 3. The number of benzene rings is 2. The molecule has 10 nitrogen and oxygen atoms in total. The van der Waals surface area contributed by atoms with Crippen molar-refractivity contribution >= 4 is 42.9 Å². The van der Waals surface area contributed by atoms with Crippen LogP contribution in [-0.4, -0.2) is 65.5 Å². The van der Waals surface area contributed by atoms with Gasteiger partial charge in [0.15, 0.2) is 0 Å². The van der Waals surface area contributed by atoms with Gasteiger partial charge in [-0.15, -0.1) is 0 Å². The molecule has 3 heterocycles. The van der Waals surface area contributed by atoms with Crippen LogP contribution in [0.1, 0.15) is 38.3 Å². The zero-order valence-electron chi connectivity index (χ0n) is 17.6. The molecule has 168 valence electrons. The van der Waals surface area contributed by atoms with Crippen molar-refractivity contribution in [2.24, 2.45) is 5.73 Å². The Morgan fingerprint density at radius 2 is 1.55 bits per heavy atom. The van der Waals surface area contributed by atoms with Crippen molar-refractivity contribution in [3.05, 3.63) is 58.7 Å². The Labute approximate surface area is 189 Å². The SMILES string of the molecule is NC(=O)[C@@H]1CC(NC(=O)c2ccc3c(c2)B(O)OC3)CN1C(=O)c1ccc2c(c1)B(O)OC2. The summed E-state index contributed by atoms with van der Waals surface area (Å²) < 4.78 is 10.3. The lowest BCUT2D eigenvalue weighted by molar-refractivity contribution is -0.121. The van der Waals surface area contributed by atoms with Crippen LogP contribution in [0.25, 0.3) is 0 Å². The Balaban J connectivity index is 1.32. The average Bonchev–Trinajstić information content (AvgIpc) is 3.50. The van der Waals surface area contributed by atoms with Crippen LogP contribution in [-0.2, 0) is 27.3 Å². The summed E-state index contributed by atoms with van der Waals surface area (Å²) in [5, 5.41) is 22.6. The number of hydrogen-bond donors (Lipinski definition) is 4. The molecule has 12 heteroatoms. The van der Waals surface area contributed by atoms with Crippen molar-refractivity contribution in [3.63, 3.8) is 0 Å². The Morgan fingerprint density at radius 3 is 2.15 bits per heavy atom. The highest BCUT2D eigenvalue weighted by Gasteiger charge is 2.40. The summed E-state index contributed by atoms with van der Waals surface area (Å²) in [5.41, 5.74) is 8.86. The third-order valence-corrected chi connectivity index (χ3v) is 6.35. The number of fused-ring (bicyclic) bond motifs is 2. The molecule has 1 fully saturated rings. The van der Waals surface area contributed by atoms with Gasteiger partial charge in [0, 0.05) is 23.7 Å². The molecule has 0 aliphatic carbocycles. The lowest BCUT2D eigenvalue weighted by atomic mass is 9.78. The first-order chi connectivity index (χ1) is 15.8. The number of nitrogens with two attached hydrogens (primary N) is 1. The fraction of sp³-hybridized carbons (Fsp3) is 0.286. The molecule has 0 spiro atoms. The molecule has 5 N–H and O–H groups in total. The number of nitrogens with one attached hydrogen (secondary N) is 1. The first-order valence-electron chi connectivity index (χ1n) is 10.6. The fourth-order valence-corrected chi connectivity index (χ4v) is 4.57. The molecule has 0 bridgehead atoms. The van der Waals surface area contributed by atoms with Gasteiger partial charge in [-0.05, 0) is 52.7 Å². The minimum absolute atomic E-state index is 0.102. The van der Waals surface area contributed by atoms with Crippen LogP contribution in [0.4, 0.5) is 0 Å². The Hall–Kier alpha value is -3.18. The highest BCUT2D eigenvalue weighted by molar-refractivity contribution is 6.62. The summed E-state index contributed by atoms with van der Waals surface area (Å²) >= 11 is 0. The predicted molar refractivity (Wildman–Crippen MR) is 118 cm³/mol. The second-order valence-corrected chi connectivity index (χ2v) is 8.44. The molecule has 3 aliphatic rings. The third kappa shape index (κ3) is 3.91. The van der Waals surface area contributed by atoms with E-state index in [1.807, 2.05) is 0 Å². The van der Waals surface area contributed by atoms with Crippen LogP contribution in [0.15, 0.2) is 36.4 Å². The van der Waals surface area contributed by atoms with Crippen LogP contribution in [0, 0.1) is 0 Å². The maximum Gasteiger partial charge on any atom is 0.491 e. The molecule has 1 saturated heterocycles. The van der Waals surface area contributed by atoms with Gasteiger partial charge in [0.2, 0.25) is 5.91 Å². The zero-order valence-corrected chi connectivity index (χ0v) is 17.6.